The summed E-state index contributed by atoms with van der Waals surface area (Å²) >= 11 is 1.72. The van der Waals surface area contributed by atoms with Crippen molar-refractivity contribution in [3.05, 3.63) is 60.2 Å². The summed E-state index contributed by atoms with van der Waals surface area (Å²) in [6.45, 7) is 0. The van der Waals surface area contributed by atoms with E-state index in [1.54, 1.807) is 11.8 Å². The Labute approximate surface area is 128 Å². The lowest BCUT2D eigenvalue weighted by Gasteiger charge is -2.24. The Morgan fingerprint density at radius 1 is 1.05 bits per heavy atom. The lowest BCUT2D eigenvalue weighted by atomic mass is 10.1. The number of carbonyl (C=O) groups excluding carboxylic acids is 1. The van der Waals surface area contributed by atoms with Crippen LogP contribution in [0.5, 0.6) is 5.75 Å². The Morgan fingerprint density at radius 2 is 1.81 bits per heavy atom. The van der Waals surface area contributed by atoms with Crippen molar-refractivity contribution in [2.45, 2.75) is 23.3 Å². The second kappa shape index (κ2) is 5.23. The molecular weight excluding hydrogens is 280 g/mol. The molecular formula is C18H16O2S. The minimum absolute atomic E-state index is 0.142. The maximum Gasteiger partial charge on any atom is 0.177 e. The number of hydrogen-bond donors (Lipinski definition) is 0. The lowest BCUT2D eigenvalue weighted by Crippen LogP contribution is -2.33. The number of benzene rings is 2. The van der Waals surface area contributed by atoms with E-state index in [9.17, 15) is 4.79 Å². The van der Waals surface area contributed by atoms with Crippen molar-refractivity contribution < 1.29 is 9.53 Å². The number of fused-ring (bicyclic) bond motifs is 1. The number of ether oxygens (including phenoxy) is 1. The molecule has 0 bridgehead atoms. The highest BCUT2D eigenvalue weighted by molar-refractivity contribution is 7.99. The molecule has 0 spiro atoms. The second-order valence-corrected chi connectivity index (χ2v) is 6.69. The summed E-state index contributed by atoms with van der Waals surface area (Å²) in [6.07, 6.45) is 0.679. The van der Waals surface area contributed by atoms with Gasteiger partial charge in [-0.25, -0.2) is 0 Å². The molecule has 2 nitrogen and oxygen atoms in total. The molecule has 3 heteroatoms. The van der Waals surface area contributed by atoms with Gasteiger partial charge >= 0.3 is 0 Å². The van der Waals surface area contributed by atoms with Gasteiger partial charge in [0.25, 0.3) is 0 Å². The SMILES string of the molecule is O=C(C1CSc2ccccc2O1)C1CC1c1ccccc1. The monoisotopic (exact) mass is 296 g/mol. The molecule has 0 aromatic heterocycles. The van der Waals surface area contributed by atoms with Gasteiger partial charge < -0.3 is 4.74 Å². The predicted molar refractivity (Wildman–Crippen MR) is 83.9 cm³/mol. The Bertz CT molecular complexity index is 668. The first-order valence-corrected chi connectivity index (χ1v) is 8.28. The van der Waals surface area contributed by atoms with Crippen LogP contribution in [0.1, 0.15) is 17.9 Å². The standard InChI is InChI=1S/C18H16O2S/c19-18(14-10-13(14)12-6-2-1-3-7-12)16-11-21-17-9-5-4-8-15(17)20-16/h1-9,13-14,16H,10-11H2. The van der Waals surface area contributed by atoms with Crippen LogP contribution >= 0.6 is 11.8 Å². The third kappa shape index (κ3) is 2.46. The van der Waals surface area contributed by atoms with Gasteiger partial charge in [-0.1, -0.05) is 42.5 Å². The Kier molecular flexibility index (Phi) is 3.23. The van der Waals surface area contributed by atoms with E-state index in [1.165, 1.54) is 5.56 Å². The Morgan fingerprint density at radius 3 is 2.67 bits per heavy atom. The maximum atomic E-state index is 12.6. The van der Waals surface area contributed by atoms with E-state index >= 15 is 0 Å². The number of hydrogen-bond acceptors (Lipinski definition) is 3. The molecule has 1 saturated carbocycles. The van der Waals surface area contributed by atoms with Crippen LogP contribution in [0.3, 0.4) is 0 Å². The predicted octanol–water partition coefficient (Wildman–Crippen LogP) is 3.91. The summed E-state index contributed by atoms with van der Waals surface area (Å²) in [5.41, 5.74) is 1.28. The zero-order chi connectivity index (χ0) is 14.2. The highest BCUT2D eigenvalue weighted by Crippen LogP contribution is 2.49. The van der Waals surface area contributed by atoms with Crippen LogP contribution in [0.4, 0.5) is 0 Å². The molecule has 3 unspecified atom stereocenters. The normalized spacial score (nSPS) is 26.6. The zero-order valence-electron chi connectivity index (χ0n) is 11.6. The van der Waals surface area contributed by atoms with Crippen molar-refractivity contribution >= 4 is 17.5 Å². The minimum Gasteiger partial charge on any atom is -0.481 e. The fourth-order valence-electron chi connectivity index (χ4n) is 2.98. The summed E-state index contributed by atoms with van der Waals surface area (Å²) in [6, 6.07) is 18.3. The molecule has 1 aliphatic heterocycles. The number of thioether (sulfide) groups is 1. The van der Waals surface area contributed by atoms with E-state index in [0.717, 1.165) is 22.8 Å². The first-order valence-electron chi connectivity index (χ1n) is 7.30. The number of Topliss-reactive ketones (excluding diaryl/α,β-unsaturated/α-hetero) is 1. The lowest BCUT2D eigenvalue weighted by molar-refractivity contribution is -0.126. The molecule has 1 fully saturated rings. The highest BCUT2D eigenvalue weighted by Gasteiger charge is 2.47. The van der Waals surface area contributed by atoms with Gasteiger partial charge in [0.2, 0.25) is 0 Å². The van der Waals surface area contributed by atoms with Crippen molar-refractivity contribution in [2.24, 2.45) is 5.92 Å². The van der Waals surface area contributed by atoms with Gasteiger partial charge in [0, 0.05) is 16.6 Å². The molecule has 2 aromatic rings. The summed E-state index contributed by atoms with van der Waals surface area (Å²) in [5, 5.41) is 0. The fourth-order valence-corrected chi connectivity index (χ4v) is 3.97. The summed E-state index contributed by atoms with van der Waals surface area (Å²) < 4.78 is 5.91. The van der Waals surface area contributed by atoms with E-state index in [4.69, 9.17) is 4.74 Å². The molecule has 3 atom stereocenters. The topological polar surface area (TPSA) is 26.3 Å². The van der Waals surface area contributed by atoms with Gasteiger partial charge in [0.15, 0.2) is 11.9 Å². The summed E-state index contributed by atoms with van der Waals surface area (Å²) in [5.74, 6) is 2.39. The van der Waals surface area contributed by atoms with Gasteiger partial charge in [-0.3, -0.25) is 4.79 Å². The molecule has 0 radical (unpaired) electrons. The first-order chi connectivity index (χ1) is 10.3. The number of para-hydroxylation sites is 1. The van der Waals surface area contributed by atoms with Crippen molar-refractivity contribution in [3.8, 4) is 5.75 Å². The maximum absolute atomic E-state index is 12.6. The van der Waals surface area contributed by atoms with E-state index in [-0.39, 0.29) is 17.8 Å². The average Bonchev–Trinajstić information content (AvgIpc) is 3.35. The van der Waals surface area contributed by atoms with E-state index < -0.39 is 0 Å². The molecule has 1 heterocycles. The number of ketones is 1. The molecule has 0 saturated heterocycles. The van der Waals surface area contributed by atoms with Crippen molar-refractivity contribution in [3.63, 3.8) is 0 Å². The molecule has 21 heavy (non-hydrogen) atoms. The third-order valence-electron chi connectivity index (χ3n) is 4.21. The number of carbonyl (C=O) groups is 1. The van der Waals surface area contributed by atoms with E-state index in [1.807, 2.05) is 42.5 Å². The van der Waals surface area contributed by atoms with Crippen LogP contribution in [0.25, 0.3) is 0 Å². The molecule has 0 amide bonds. The van der Waals surface area contributed by atoms with Crippen LogP contribution in [0.15, 0.2) is 59.5 Å². The van der Waals surface area contributed by atoms with Gasteiger partial charge in [0.1, 0.15) is 5.75 Å². The quantitative estimate of drug-likeness (QED) is 0.859. The summed E-state index contributed by atoms with van der Waals surface area (Å²) in [4.78, 5) is 13.8. The summed E-state index contributed by atoms with van der Waals surface area (Å²) in [7, 11) is 0. The molecule has 1 aliphatic carbocycles. The minimum atomic E-state index is -0.288. The molecule has 0 N–H and O–H groups in total. The van der Waals surface area contributed by atoms with E-state index in [0.29, 0.717) is 5.92 Å². The van der Waals surface area contributed by atoms with Crippen LogP contribution < -0.4 is 4.74 Å². The van der Waals surface area contributed by atoms with Crippen molar-refractivity contribution in [1.82, 2.24) is 0 Å². The van der Waals surface area contributed by atoms with Gasteiger partial charge in [-0.2, -0.15) is 0 Å². The van der Waals surface area contributed by atoms with Crippen molar-refractivity contribution in [1.29, 1.82) is 0 Å². The molecule has 2 aromatic carbocycles. The van der Waals surface area contributed by atoms with Crippen LogP contribution in [0, 0.1) is 5.92 Å². The Hall–Kier alpha value is -1.74. The van der Waals surface area contributed by atoms with E-state index in [2.05, 4.69) is 12.1 Å². The molecule has 4 rings (SSSR count). The third-order valence-corrected chi connectivity index (χ3v) is 5.33. The van der Waals surface area contributed by atoms with Gasteiger partial charge in [-0.15, -0.1) is 11.8 Å². The molecule has 2 aliphatic rings. The van der Waals surface area contributed by atoms with Gasteiger partial charge in [-0.05, 0) is 30.0 Å². The number of rotatable bonds is 3. The highest BCUT2D eigenvalue weighted by atomic mass is 32.2. The van der Waals surface area contributed by atoms with Gasteiger partial charge in [0.05, 0.1) is 0 Å². The average molecular weight is 296 g/mol. The Balaban J connectivity index is 1.46. The second-order valence-electron chi connectivity index (χ2n) is 5.63. The van der Waals surface area contributed by atoms with Crippen LogP contribution in [0.2, 0.25) is 0 Å². The largest absolute Gasteiger partial charge is 0.481 e. The zero-order valence-corrected chi connectivity index (χ0v) is 12.4. The molecule has 106 valence electrons. The fraction of sp³-hybridized carbons (Fsp3) is 0.278. The smallest absolute Gasteiger partial charge is 0.177 e. The van der Waals surface area contributed by atoms with Crippen LogP contribution in [-0.2, 0) is 4.79 Å². The van der Waals surface area contributed by atoms with Crippen molar-refractivity contribution in [2.75, 3.05) is 5.75 Å². The van der Waals surface area contributed by atoms with Crippen LogP contribution in [-0.4, -0.2) is 17.6 Å². The first kappa shape index (κ1) is 13.0.